The number of hydrogen-bond acceptors (Lipinski definition) is 2. The summed E-state index contributed by atoms with van der Waals surface area (Å²) in [5, 5.41) is 3.39. The Bertz CT molecular complexity index is 946. The van der Waals surface area contributed by atoms with Crippen LogP contribution >= 0.6 is 63.7 Å². The van der Waals surface area contributed by atoms with Gasteiger partial charge in [0.15, 0.2) is 0 Å². The second-order valence-electron chi connectivity index (χ2n) is 5.58. The van der Waals surface area contributed by atoms with E-state index in [1.807, 2.05) is 78.9 Å². The molecular formula is C22H18Br4N2. The second kappa shape index (κ2) is 12.3. The summed E-state index contributed by atoms with van der Waals surface area (Å²) >= 11 is 13.3. The van der Waals surface area contributed by atoms with Crippen LogP contribution in [0.5, 0.6) is 0 Å². The summed E-state index contributed by atoms with van der Waals surface area (Å²) in [6, 6.07) is 26.0. The third kappa shape index (κ3) is 8.35. The molecule has 6 heteroatoms. The molecule has 0 fully saturated rings. The molecule has 2 nitrogen and oxygen atoms in total. The predicted octanol–water partition coefficient (Wildman–Crippen LogP) is 8.88. The molecule has 3 rings (SSSR count). The smallest absolute Gasteiger partial charge is 0.0610 e. The highest BCUT2D eigenvalue weighted by atomic mass is 79.9. The topological polar surface area (TPSA) is 38.0 Å². The number of benzene rings is 3. The van der Waals surface area contributed by atoms with Crippen molar-refractivity contribution in [1.82, 2.24) is 0 Å². The van der Waals surface area contributed by atoms with Gasteiger partial charge in [0.25, 0.3) is 0 Å². The quantitative estimate of drug-likeness (QED) is 0.283. The summed E-state index contributed by atoms with van der Waals surface area (Å²) in [5.41, 5.74) is 10.8. The molecule has 0 amide bonds. The molecule has 0 aliphatic carbocycles. The maximum absolute atomic E-state index is 5.68. The van der Waals surface area contributed by atoms with Crippen LogP contribution in [-0.4, -0.2) is 0 Å². The fraction of sp³-hybridized carbons (Fsp3) is 0. The number of para-hydroxylation sites is 3. The van der Waals surface area contributed by atoms with E-state index in [4.69, 9.17) is 5.73 Å². The maximum atomic E-state index is 5.68. The second-order valence-corrected chi connectivity index (χ2v) is 11.1. The molecule has 0 saturated carbocycles. The number of hydrogen-bond donors (Lipinski definition) is 2. The number of halogens is 4. The van der Waals surface area contributed by atoms with Gasteiger partial charge in [-0.05, 0) is 111 Å². The molecule has 3 aromatic carbocycles. The average molecular weight is 630 g/mol. The Labute approximate surface area is 199 Å². The van der Waals surface area contributed by atoms with Crippen molar-refractivity contribution in [3.05, 3.63) is 96.8 Å². The zero-order valence-electron chi connectivity index (χ0n) is 14.7. The number of anilines is 3. The molecular weight excluding hydrogens is 612 g/mol. The van der Waals surface area contributed by atoms with Crippen LogP contribution in [0.4, 0.5) is 17.1 Å². The largest absolute Gasteiger partial charge is 0.398 e. The standard InChI is InChI=1S/C14H11Br2N.C8H7Br2N/c15-14(16)10-11-6-4-5-9-13(11)17-12-7-2-1-3-8-12;9-8(10)5-6-3-1-2-4-7(6)11/h1-10,17H;1-5H,11H2. The fourth-order valence-electron chi connectivity index (χ4n) is 2.29. The van der Waals surface area contributed by atoms with Gasteiger partial charge in [-0.1, -0.05) is 54.6 Å². The summed E-state index contributed by atoms with van der Waals surface area (Å²) < 4.78 is 1.82. The summed E-state index contributed by atoms with van der Waals surface area (Å²) in [7, 11) is 0. The van der Waals surface area contributed by atoms with Crippen molar-refractivity contribution in [1.29, 1.82) is 0 Å². The lowest BCUT2D eigenvalue weighted by Gasteiger charge is -2.09. The third-order valence-electron chi connectivity index (χ3n) is 3.54. The first kappa shape index (κ1) is 22.9. The molecule has 0 saturated heterocycles. The number of nitrogen functional groups attached to an aromatic ring is 1. The van der Waals surface area contributed by atoms with Gasteiger partial charge in [-0.2, -0.15) is 0 Å². The average Bonchev–Trinajstić information content (AvgIpc) is 2.66. The van der Waals surface area contributed by atoms with E-state index in [1.165, 1.54) is 0 Å². The number of nitrogens with two attached hydrogens (primary N) is 1. The highest BCUT2D eigenvalue weighted by molar-refractivity contribution is 9.28. The third-order valence-corrected chi connectivity index (χ3v) is 4.45. The van der Waals surface area contributed by atoms with Gasteiger partial charge in [-0.25, -0.2) is 0 Å². The van der Waals surface area contributed by atoms with Crippen LogP contribution in [0.1, 0.15) is 11.1 Å². The van der Waals surface area contributed by atoms with Gasteiger partial charge in [-0.3, -0.25) is 0 Å². The molecule has 0 aliphatic rings. The molecule has 3 aromatic rings. The summed E-state index contributed by atoms with van der Waals surface area (Å²) in [5.74, 6) is 0. The zero-order valence-corrected chi connectivity index (χ0v) is 21.1. The number of nitrogens with one attached hydrogen (secondary N) is 1. The summed E-state index contributed by atoms with van der Waals surface area (Å²) in [6.07, 6.45) is 3.93. The molecule has 0 unspecified atom stereocenters. The predicted molar refractivity (Wildman–Crippen MR) is 139 cm³/mol. The van der Waals surface area contributed by atoms with E-state index in [-0.39, 0.29) is 0 Å². The summed E-state index contributed by atoms with van der Waals surface area (Å²) in [6.45, 7) is 0. The van der Waals surface area contributed by atoms with Crippen molar-refractivity contribution in [2.45, 2.75) is 0 Å². The minimum atomic E-state index is 0.781. The molecule has 28 heavy (non-hydrogen) atoms. The van der Waals surface area contributed by atoms with Crippen LogP contribution in [0, 0.1) is 0 Å². The Morgan fingerprint density at radius 2 is 1.14 bits per heavy atom. The van der Waals surface area contributed by atoms with Crippen molar-refractivity contribution < 1.29 is 0 Å². The Morgan fingerprint density at radius 1 is 0.643 bits per heavy atom. The molecule has 0 bridgehead atoms. The Kier molecular flexibility index (Phi) is 10.1. The first-order valence-corrected chi connectivity index (χ1v) is 11.4. The van der Waals surface area contributed by atoms with Crippen molar-refractivity contribution in [2.75, 3.05) is 11.1 Å². The van der Waals surface area contributed by atoms with Crippen molar-refractivity contribution in [3.63, 3.8) is 0 Å². The lowest BCUT2D eigenvalue weighted by Crippen LogP contribution is -1.92. The van der Waals surface area contributed by atoms with E-state index in [9.17, 15) is 0 Å². The molecule has 0 aromatic heterocycles. The SMILES string of the molecule is BrC(Br)=Cc1ccccc1Nc1ccccc1.Nc1ccccc1C=C(Br)Br. The van der Waals surface area contributed by atoms with Gasteiger partial charge in [0, 0.05) is 17.1 Å². The van der Waals surface area contributed by atoms with Gasteiger partial charge in [0.2, 0.25) is 0 Å². The Morgan fingerprint density at radius 3 is 1.75 bits per heavy atom. The first-order valence-electron chi connectivity index (χ1n) is 8.26. The van der Waals surface area contributed by atoms with E-state index in [2.05, 4.69) is 81.2 Å². The zero-order chi connectivity index (χ0) is 20.4. The van der Waals surface area contributed by atoms with Gasteiger partial charge in [0.05, 0.1) is 6.78 Å². The highest BCUT2D eigenvalue weighted by Crippen LogP contribution is 2.26. The van der Waals surface area contributed by atoms with Crippen molar-refractivity contribution in [2.24, 2.45) is 0 Å². The number of rotatable bonds is 4. The van der Waals surface area contributed by atoms with Gasteiger partial charge < -0.3 is 11.1 Å². The van der Waals surface area contributed by atoms with Gasteiger partial charge in [-0.15, -0.1) is 0 Å². The molecule has 144 valence electrons. The van der Waals surface area contributed by atoms with Crippen LogP contribution in [0.3, 0.4) is 0 Å². The summed E-state index contributed by atoms with van der Waals surface area (Å²) in [4.78, 5) is 0. The molecule has 3 N–H and O–H groups in total. The van der Waals surface area contributed by atoms with Crippen LogP contribution in [-0.2, 0) is 0 Å². The van der Waals surface area contributed by atoms with Crippen molar-refractivity contribution in [3.8, 4) is 0 Å². The van der Waals surface area contributed by atoms with Crippen molar-refractivity contribution >= 4 is 92.9 Å². The maximum Gasteiger partial charge on any atom is 0.0610 e. The van der Waals surface area contributed by atoms with Crippen LogP contribution < -0.4 is 11.1 Å². The highest BCUT2D eigenvalue weighted by Gasteiger charge is 1.99. The minimum absolute atomic E-state index is 0.781. The Balaban J connectivity index is 0.000000221. The normalized spacial score (nSPS) is 9.57. The van der Waals surface area contributed by atoms with E-state index in [1.54, 1.807) is 0 Å². The first-order chi connectivity index (χ1) is 13.5. The van der Waals surface area contributed by atoms with E-state index in [0.29, 0.717) is 0 Å². The monoisotopic (exact) mass is 626 g/mol. The van der Waals surface area contributed by atoms with Crippen LogP contribution in [0.25, 0.3) is 12.2 Å². The molecule has 0 spiro atoms. The van der Waals surface area contributed by atoms with Crippen LogP contribution in [0.2, 0.25) is 0 Å². The van der Waals surface area contributed by atoms with Gasteiger partial charge in [0.1, 0.15) is 0 Å². The minimum Gasteiger partial charge on any atom is -0.398 e. The van der Waals surface area contributed by atoms with E-state index in [0.717, 1.165) is 35.0 Å². The molecule has 0 aliphatic heterocycles. The molecule has 0 heterocycles. The molecule has 0 radical (unpaired) electrons. The van der Waals surface area contributed by atoms with Gasteiger partial charge >= 0.3 is 0 Å². The lowest BCUT2D eigenvalue weighted by molar-refractivity contribution is 1.53. The Hall–Kier alpha value is -1.34. The lowest BCUT2D eigenvalue weighted by atomic mass is 10.1. The fourth-order valence-corrected chi connectivity index (χ4v) is 3.28. The molecule has 0 atom stereocenters. The van der Waals surface area contributed by atoms with Crippen LogP contribution in [0.15, 0.2) is 85.6 Å². The van der Waals surface area contributed by atoms with E-state index >= 15 is 0 Å². The van der Waals surface area contributed by atoms with E-state index < -0.39 is 0 Å².